The maximum absolute atomic E-state index is 5.88. The molecule has 1 aromatic heterocycles. The first-order valence-electron chi connectivity index (χ1n) is 6.81. The lowest BCUT2D eigenvalue weighted by atomic mass is 10.1. The number of hydrogen-bond donors (Lipinski definition) is 2. The molecule has 0 unspecified atom stereocenters. The zero-order valence-electron chi connectivity index (χ0n) is 12.4. The van der Waals surface area contributed by atoms with Crippen molar-refractivity contribution in [2.45, 2.75) is 19.8 Å². The van der Waals surface area contributed by atoms with E-state index in [4.69, 9.17) is 5.73 Å². The summed E-state index contributed by atoms with van der Waals surface area (Å²) in [5.41, 5.74) is 9.30. The Balaban J connectivity index is 0.00000220. The molecule has 0 spiro atoms. The lowest BCUT2D eigenvalue weighted by molar-refractivity contribution is 0.766. The standard InChI is InChI=1S/C15H21N5.HI/c1-3-12-5-4-6-14(9-12)19-15(16)17-8-7-13-10-18-20(2)11-13;/h4-6,9-11H,3,7-8H2,1-2H3,(H3,16,17,19);1H. The van der Waals surface area contributed by atoms with Gasteiger partial charge in [-0.15, -0.1) is 24.0 Å². The highest BCUT2D eigenvalue weighted by Crippen LogP contribution is 2.10. The van der Waals surface area contributed by atoms with Crippen molar-refractivity contribution in [3.05, 3.63) is 47.8 Å². The van der Waals surface area contributed by atoms with Crippen molar-refractivity contribution in [2.24, 2.45) is 17.8 Å². The Morgan fingerprint density at radius 3 is 2.86 bits per heavy atom. The number of hydrogen-bond acceptors (Lipinski definition) is 2. The summed E-state index contributed by atoms with van der Waals surface area (Å²) >= 11 is 0. The molecule has 0 aliphatic rings. The zero-order chi connectivity index (χ0) is 14.4. The summed E-state index contributed by atoms with van der Waals surface area (Å²) in [6.07, 6.45) is 5.69. The van der Waals surface area contributed by atoms with Gasteiger partial charge in [0, 0.05) is 25.5 Å². The molecule has 0 amide bonds. The van der Waals surface area contributed by atoms with Gasteiger partial charge in [0.25, 0.3) is 0 Å². The van der Waals surface area contributed by atoms with E-state index in [1.54, 1.807) is 4.68 Å². The highest BCUT2D eigenvalue weighted by Gasteiger charge is 1.98. The number of guanidine groups is 1. The van der Waals surface area contributed by atoms with Gasteiger partial charge >= 0.3 is 0 Å². The first-order valence-corrected chi connectivity index (χ1v) is 6.81. The zero-order valence-corrected chi connectivity index (χ0v) is 14.7. The first-order chi connectivity index (χ1) is 9.67. The average Bonchev–Trinajstić information content (AvgIpc) is 2.84. The van der Waals surface area contributed by atoms with Crippen molar-refractivity contribution in [3.8, 4) is 0 Å². The molecule has 0 aliphatic carbocycles. The second-order valence-electron chi connectivity index (χ2n) is 4.72. The molecule has 1 heterocycles. The second kappa shape index (κ2) is 8.66. The molecular formula is C15H22IN5. The number of nitrogens with zero attached hydrogens (tertiary/aromatic N) is 3. The fraction of sp³-hybridized carbons (Fsp3) is 0.333. The third-order valence-corrected chi connectivity index (χ3v) is 3.05. The monoisotopic (exact) mass is 399 g/mol. The molecule has 2 aromatic rings. The molecule has 114 valence electrons. The molecule has 21 heavy (non-hydrogen) atoms. The Morgan fingerprint density at radius 1 is 1.38 bits per heavy atom. The summed E-state index contributed by atoms with van der Waals surface area (Å²) in [6.45, 7) is 2.78. The summed E-state index contributed by atoms with van der Waals surface area (Å²) in [4.78, 5) is 4.33. The summed E-state index contributed by atoms with van der Waals surface area (Å²) < 4.78 is 1.79. The number of anilines is 1. The van der Waals surface area contributed by atoms with Crippen LogP contribution in [0, 0.1) is 0 Å². The molecule has 0 atom stereocenters. The second-order valence-corrected chi connectivity index (χ2v) is 4.72. The van der Waals surface area contributed by atoms with E-state index >= 15 is 0 Å². The lowest BCUT2D eigenvalue weighted by Gasteiger charge is -2.06. The number of aliphatic imine (C=N–C) groups is 1. The highest BCUT2D eigenvalue weighted by atomic mass is 127. The predicted octanol–water partition coefficient (Wildman–Crippen LogP) is 2.57. The van der Waals surface area contributed by atoms with Crippen LogP contribution in [0.4, 0.5) is 5.69 Å². The van der Waals surface area contributed by atoms with Crippen LogP contribution >= 0.6 is 24.0 Å². The van der Waals surface area contributed by atoms with Gasteiger partial charge in [0.1, 0.15) is 0 Å². The minimum Gasteiger partial charge on any atom is -0.370 e. The quantitative estimate of drug-likeness (QED) is 0.462. The molecule has 3 N–H and O–H groups in total. The van der Waals surface area contributed by atoms with E-state index in [0.717, 1.165) is 24.1 Å². The van der Waals surface area contributed by atoms with Gasteiger partial charge in [-0.2, -0.15) is 5.10 Å². The van der Waals surface area contributed by atoms with E-state index in [1.807, 2.05) is 31.6 Å². The maximum Gasteiger partial charge on any atom is 0.193 e. The maximum atomic E-state index is 5.88. The number of benzene rings is 1. The van der Waals surface area contributed by atoms with Crippen molar-refractivity contribution < 1.29 is 0 Å². The molecule has 6 heteroatoms. The van der Waals surface area contributed by atoms with Crippen LogP contribution in [-0.4, -0.2) is 22.3 Å². The topological polar surface area (TPSA) is 68.2 Å². The van der Waals surface area contributed by atoms with Crippen LogP contribution in [0.15, 0.2) is 41.7 Å². The van der Waals surface area contributed by atoms with Gasteiger partial charge in [0.2, 0.25) is 0 Å². The minimum atomic E-state index is 0. The molecule has 1 aromatic carbocycles. The third-order valence-electron chi connectivity index (χ3n) is 3.05. The smallest absolute Gasteiger partial charge is 0.193 e. The number of rotatable bonds is 5. The van der Waals surface area contributed by atoms with Crippen LogP contribution in [0.3, 0.4) is 0 Å². The molecule has 0 fully saturated rings. The molecule has 0 radical (unpaired) electrons. The third kappa shape index (κ3) is 5.74. The predicted molar refractivity (Wildman–Crippen MR) is 98.3 cm³/mol. The van der Waals surface area contributed by atoms with Gasteiger partial charge in [-0.3, -0.25) is 9.67 Å². The van der Waals surface area contributed by atoms with Crippen LogP contribution in [0.5, 0.6) is 0 Å². The van der Waals surface area contributed by atoms with Crippen molar-refractivity contribution >= 4 is 35.6 Å². The van der Waals surface area contributed by atoms with E-state index < -0.39 is 0 Å². The number of nitrogens with one attached hydrogen (secondary N) is 1. The molecule has 0 aliphatic heterocycles. The average molecular weight is 399 g/mol. The molecule has 0 saturated carbocycles. The summed E-state index contributed by atoms with van der Waals surface area (Å²) in [5, 5.41) is 7.24. The van der Waals surface area contributed by atoms with E-state index in [-0.39, 0.29) is 24.0 Å². The first kappa shape index (κ1) is 17.5. The summed E-state index contributed by atoms with van der Waals surface area (Å²) in [5.74, 6) is 0.446. The van der Waals surface area contributed by atoms with Crippen molar-refractivity contribution in [3.63, 3.8) is 0 Å². The Labute approximate surface area is 142 Å². The fourth-order valence-corrected chi connectivity index (χ4v) is 1.96. The summed E-state index contributed by atoms with van der Waals surface area (Å²) in [7, 11) is 1.91. The van der Waals surface area contributed by atoms with E-state index in [9.17, 15) is 0 Å². The number of nitrogens with two attached hydrogens (primary N) is 1. The fourth-order valence-electron chi connectivity index (χ4n) is 1.96. The van der Waals surface area contributed by atoms with Crippen LogP contribution in [-0.2, 0) is 19.9 Å². The van der Waals surface area contributed by atoms with E-state index in [2.05, 4.69) is 34.5 Å². The van der Waals surface area contributed by atoms with Crippen LogP contribution in [0.1, 0.15) is 18.1 Å². The van der Waals surface area contributed by atoms with Crippen LogP contribution in [0.25, 0.3) is 0 Å². The Hall–Kier alpha value is -1.57. The lowest BCUT2D eigenvalue weighted by Crippen LogP contribution is -2.23. The Morgan fingerprint density at radius 2 is 2.19 bits per heavy atom. The minimum absolute atomic E-state index is 0. The van der Waals surface area contributed by atoms with E-state index in [1.165, 1.54) is 5.56 Å². The Kier molecular flexibility index (Phi) is 7.21. The van der Waals surface area contributed by atoms with Gasteiger partial charge in [-0.1, -0.05) is 19.1 Å². The van der Waals surface area contributed by atoms with Gasteiger partial charge in [-0.05, 0) is 36.1 Å². The molecule has 0 bridgehead atoms. The molecule has 2 rings (SSSR count). The van der Waals surface area contributed by atoms with Crippen molar-refractivity contribution in [1.82, 2.24) is 9.78 Å². The van der Waals surface area contributed by atoms with Gasteiger partial charge in [0.05, 0.1) is 6.20 Å². The van der Waals surface area contributed by atoms with Crippen molar-refractivity contribution in [1.29, 1.82) is 0 Å². The van der Waals surface area contributed by atoms with Gasteiger partial charge in [-0.25, -0.2) is 0 Å². The van der Waals surface area contributed by atoms with Gasteiger partial charge < -0.3 is 11.1 Å². The van der Waals surface area contributed by atoms with E-state index in [0.29, 0.717) is 12.5 Å². The number of aryl methyl sites for hydroxylation is 2. The van der Waals surface area contributed by atoms with Gasteiger partial charge in [0.15, 0.2) is 5.96 Å². The highest BCUT2D eigenvalue weighted by molar-refractivity contribution is 14.0. The number of aromatic nitrogens is 2. The molecular weight excluding hydrogens is 377 g/mol. The molecule has 0 saturated heterocycles. The number of halogens is 1. The molecule has 5 nitrogen and oxygen atoms in total. The largest absolute Gasteiger partial charge is 0.370 e. The van der Waals surface area contributed by atoms with Crippen LogP contribution < -0.4 is 11.1 Å². The normalized spacial score (nSPS) is 11.0. The SMILES string of the molecule is CCc1cccc(NC(N)=NCCc2cnn(C)c2)c1.I. The Bertz CT molecular complexity index is 591. The summed E-state index contributed by atoms with van der Waals surface area (Å²) in [6, 6.07) is 8.19. The van der Waals surface area contributed by atoms with Crippen LogP contribution in [0.2, 0.25) is 0 Å². The van der Waals surface area contributed by atoms with Crippen molar-refractivity contribution in [2.75, 3.05) is 11.9 Å².